The van der Waals surface area contributed by atoms with Gasteiger partial charge in [0, 0.05) is 0 Å². The second-order valence-corrected chi connectivity index (χ2v) is 18.7. The third kappa shape index (κ3) is 5.49. The van der Waals surface area contributed by atoms with Crippen molar-refractivity contribution in [3.63, 3.8) is 0 Å². The molecule has 136 valence electrons. The average Bonchev–Trinajstić information content (AvgIpc) is 3.29. The van der Waals surface area contributed by atoms with E-state index in [1.165, 1.54) is 22.7 Å². The molecule has 0 amide bonds. The van der Waals surface area contributed by atoms with E-state index in [1.54, 1.807) is 23.2 Å². The van der Waals surface area contributed by atoms with Gasteiger partial charge in [-0.05, 0) is 0 Å². The average molecular weight is 489 g/mol. The summed E-state index contributed by atoms with van der Waals surface area (Å²) in [6.07, 6.45) is 6.63. The maximum atomic E-state index is 13.0. The summed E-state index contributed by atoms with van der Waals surface area (Å²) < 4.78 is 11.4. The van der Waals surface area contributed by atoms with E-state index in [2.05, 4.69) is 23.8 Å². The van der Waals surface area contributed by atoms with Crippen molar-refractivity contribution in [1.82, 2.24) is 9.97 Å². The zero-order valence-electron chi connectivity index (χ0n) is 14.4. The Labute approximate surface area is 159 Å². The molecule has 0 fully saturated rings. The number of thiazole rings is 2. The molecule has 0 aliphatic carbocycles. The van der Waals surface area contributed by atoms with Crippen LogP contribution in [0.1, 0.15) is 39.5 Å². The maximum absolute atomic E-state index is 13.0. The van der Waals surface area contributed by atoms with E-state index in [0.29, 0.717) is 19.3 Å². The summed E-state index contributed by atoms with van der Waals surface area (Å²) in [6.45, 7) is 4.10. The van der Waals surface area contributed by atoms with Crippen LogP contribution in [0.5, 0.6) is 10.4 Å². The molecule has 0 spiro atoms. The zero-order valence-corrected chi connectivity index (χ0v) is 18.9. The third-order valence-corrected chi connectivity index (χ3v) is 17.1. The first-order valence-corrected chi connectivity index (χ1v) is 17.0. The molecule has 0 unspecified atom stereocenters. The summed E-state index contributed by atoms with van der Waals surface area (Å²) >= 11 is -1.58. The van der Waals surface area contributed by atoms with E-state index in [1.807, 2.05) is 0 Å². The number of hydrogen-bond donors (Lipinski definition) is 0. The summed E-state index contributed by atoms with van der Waals surface area (Å²) in [7, 11) is 0. The first-order valence-electron chi connectivity index (χ1n) is 8.36. The van der Waals surface area contributed by atoms with E-state index in [0.717, 1.165) is 25.7 Å². The van der Waals surface area contributed by atoms with Crippen molar-refractivity contribution in [2.75, 3.05) is 0 Å². The zero-order chi connectivity index (χ0) is 18.1. The van der Waals surface area contributed by atoms with Crippen molar-refractivity contribution in [2.24, 2.45) is 0 Å². The molecule has 6 nitrogen and oxygen atoms in total. The van der Waals surface area contributed by atoms with Gasteiger partial charge in [-0.3, -0.25) is 0 Å². The van der Waals surface area contributed by atoms with Gasteiger partial charge in [-0.2, -0.15) is 0 Å². The number of ether oxygens (including phenoxy) is 2. The number of carbonyl (C=O) groups excluding carboxylic acids is 2. The van der Waals surface area contributed by atoms with E-state index < -0.39 is 18.4 Å². The molecule has 0 saturated carbocycles. The predicted molar refractivity (Wildman–Crippen MR) is 101 cm³/mol. The van der Waals surface area contributed by atoms with Gasteiger partial charge in [-0.15, -0.1) is 0 Å². The molecular formula is C16H22N2O4S2Sn. The van der Waals surface area contributed by atoms with E-state index in [-0.39, 0.29) is 7.97 Å². The molecule has 0 aliphatic heterocycles. The van der Waals surface area contributed by atoms with Crippen molar-refractivity contribution in [1.29, 1.82) is 0 Å². The predicted octanol–water partition coefficient (Wildman–Crippen LogP) is 5.51. The van der Waals surface area contributed by atoms with E-state index in [4.69, 9.17) is 9.47 Å². The summed E-state index contributed by atoms with van der Waals surface area (Å²) in [5.74, 6) is 0. The number of carbonyl (C=O) groups is 2. The molecule has 0 saturated heterocycles. The number of rotatable bonds is 10. The first-order chi connectivity index (χ1) is 12.1. The van der Waals surface area contributed by atoms with Gasteiger partial charge in [0.2, 0.25) is 0 Å². The standard InChI is InChI=1S/2C4H2NO2S.2C4H9.Sn/c2*6-3-7-4-5-1-2-8-4;2*1-3-4-2;/h2*1-2H;2*1,3-4H2,2H3;. The van der Waals surface area contributed by atoms with Crippen molar-refractivity contribution in [3.05, 3.63) is 23.2 Å². The summed E-state index contributed by atoms with van der Waals surface area (Å²) in [6, 6.07) is 0. The van der Waals surface area contributed by atoms with Gasteiger partial charge in [0.1, 0.15) is 0 Å². The van der Waals surface area contributed by atoms with Crippen LogP contribution in [-0.4, -0.2) is 36.3 Å². The van der Waals surface area contributed by atoms with Crippen LogP contribution in [0.3, 0.4) is 0 Å². The molecule has 2 rings (SSSR count). The normalized spacial score (nSPS) is 11.3. The fourth-order valence-electron chi connectivity index (χ4n) is 2.45. The van der Waals surface area contributed by atoms with Crippen molar-refractivity contribution < 1.29 is 19.1 Å². The number of aromatic nitrogens is 2. The number of nitrogens with zero attached hydrogens (tertiary/aromatic N) is 2. The van der Waals surface area contributed by atoms with Crippen LogP contribution in [0, 0.1) is 0 Å². The van der Waals surface area contributed by atoms with Gasteiger partial charge in [-0.25, -0.2) is 0 Å². The summed E-state index contributed by atoms with van der Waals surface area (Å²) in [5, 5.41) is 4.07. The molecule has 0 aliphatic rings. The van der Waals surface area contributed by atoms with Crippen LogP contribution in [0.15, 0.2) is 23.2 Å². The second kappa shape index (κ2) is 10.2. The first kappa shape index (κ1) is 20.3. The van der Waals surface area contributed by atoms with Crippen LogP contribution in [-0.2, 0) is 0 Å². The molecule has 0 atom stereocenters. The second-order valence-electron chi connectivity index (χ2n) is 5.66. The molecule has 9 heteroatoms. The van der Waals surface area contributed by atoms with Gasteiger partial charge in [0.25, 0.3) is 0 Å². The summed E-state index contributed by atoms with van der Waals surface area (Å²) in [4.78, 5) is 34.1. The Hall–Kier alpha value is -1.00. The van der Waals surface area contributed by atoms with Crippen LogP contribution in [0.25, 0.3) is 0 Å². The van der Waals surface area contributed by atoms with Crippen LogP contribution in [0.4, 0.5) is 9.59 Å². The Kier molecular flexibility index (Phi) is 8.30. The Bertz CT molecular complexity index is 603. The molecule has 2 heterocycles. The minimum atomic E-state index is -4.07. The third-order valence-electron chi connectivity index (χ3n) is 3.88. The molecule has 2 aromatic rings. The Morgan fingerprint density at radius 2 is 1.36 bits per heavy atom. The van der Waals surface area contributed by atoms with Gasteiger partial charge < -0.3 is 0 Å². The molecule has 0 N–H and O–H groups in total. The quantitative estimate of drug-likeness (QED) is 0.410. The van der Waals surface area contributed by atoms with Crippen LogP contribution >= 0.6 is 22.7 Å². The topological polar surface area (TPSA) is 78.4 Å². The van der Waals surface area contributed by atoms with Crippen LogP contribution in [0.2, 0.25) is 8.87 Å². The fraction of sp³-hybridized carbons (Fsp3) is 0.500. The van der Waals surface area contributed by atoms with Crippen LogP contribution < -0.4 is 9.47 Å². The van der Waals surface area contributed by atoms with Gasteiger partial charge in [-0.1, -0.05) is 0 Å². The molecule has 0 radical (unpaired) electrons. The molecule has 2 aromatic heterocycles. The van der Waals surface area contributed by atoms with Gasteiger partial charge >= 0.3 is 160 Å². The number of hydrogen-bond acceptors (Lipinski definition) is 8. The van der Waals surface area contributed by atoms with Crippen molar-refractivity contribution >= 4 is 49.0 Å². The molecule has 25 heavy (non-hydrogen) atoms. The van der Waals surface area contributed by atoms with E-state index in [9.17, 15) is 9.59 Å². The Balaban J connectivity index is 2.27. The van der Waals surface area contributed by atoms with Crippen molar-refractivity contribution in [2.45, 2.75) is 48.4 Å². The SMILES string of the molecule is CCC[CH2][Sn]([CH2]CCC)([C](=O)Oc1nccs1)[C](=O)Oc1nccs1. The molecule has 0 bridgehead atoms. The Morgan fingerprint density at radius 1 is 0.920 bits per heavy atom. The number of unbranched alkanes of at least 4 members (excludes halogenated alkanes) is 2. The summed E-state index contributed by atoms with van der Waals surface area (Å²) in [5.41, 5.74) is 0. The van der Waals surface area contributed by atoms with Crippen molar-refractivity contribution in [3.8, 4) is 10.4 Å². The Morgan fingerprint density at radius 3 is 1.68 bits per heavy atom. The molecule has 0 aromatic carbocycles. The van der Waals surface area contributed by atoms with Gasteiger partial charge in [0.15, 0.2) is 0 Å². The fourth-order valence-corrected chi connectivity index (χ4v) is 14.5. The van der Waals surface area contributed by atoms with Gasteiger partial charge in [0.05, 0.1) is 0 Å². The van der Waals surface area contributed by atoms with E-state index >= 15 is 0 Å². The monoisotopic (exact) mass is 490 g/mol. The molecular weight excluding hydrogens is 467 g/mol. The minimum absolute atomic E-state index is 0.293.